The third-order valence-electron chi connectivity index (χ3n) is 5.10. The van der Waals surface area contributed by atoms with Crippen molar-refractivity contribution in [1.29, 1.82) is 0 Å². The predicted molar refractivity (Wildman–Crippen MR) is 127 cm³/mol. The molecule has 0 fully saturated rings. The molecule has 2 aromatic heterocycles. The minimum atomic E-state index is -0.435. The summed E-state index contributed by atoms with van der Waals surface area (Å²) in [5.41, 5.74) is 4.66. The van der Waals surface area contributed by atoms with Crippen LogP contribution in [-0.2, 0) is 11.2 Å². The summed E-state index contributed by atoms with van der Waals surface area (Å²) in [6.45, 7) is 5.86. The van der Waals surface area contributed by atoms with Crippen molar-refractivity contribution in [3.63, 3.8) is 0 Å². The molecule has 7 heteroatoms. The zero-order valence-electron chi connectivity index (χ0n) is 18.1. The summed E-state index contributed by atoms with van der Waals surface area (Å²) < 4.78 is 5.06. The fourth-order valence-corrected chi connectivity index (χ4v) is 4.28. The molecule has 0 atom stereocenters. The molecule has 6 nitrogen and oxygen atoms in total. The zero-order valence-corrected chi connectivity index (χ0v) is 19.0. The molecule has 0 aliphatic heterocycles. The van der Waals surface area contributed by atoms with Crippen LogP contribution in [0.3, 0.4) is 0 Å². The number of pyridine rings is 1. The first-order valence-electron chi connectivity index (χ1n) is 10.4. The van der Waals surface area contributed by atoms with E-state index in [1.807, 2.05) is 36.4 Å². The van der Waals surface area contributed by atoms with E-state index in [1.165, 1.54) is 5.56 Å². The van der Waals surface area contributed by atoms with Gasteiger partial charge in [-0.15, -0.1) is 0 Å². The van der Waals surface area contributed by atoms with E-state index >= 15 is 0 Å². The number of rotatable bonds is 6. The summed E-state index contributed by atoms with van der Waals surface area (Å²) in [6, 6.07) is 17.5. The van der Waals surface area contributed by atoms with Gasteiger partial charge in [0.15, 0.2) is 5.13 Å². The van der Waals surface area contributed by atoms with Crippen LogP contribution >= 0.6 is 11.3 Å². The van der Waals surface area contributed by atoms with E-state index < -0.39 is 5.97 Å². The molecule has 0 saturated carbocycles. The van der Waals surface area contributed by atoms with Crippen LogP contribution in [0.5, 0.6) is 0 Å². The van der Waals surface area contributed by atoms with Gasteiger partial charge >= 0.3 is 5.97 Å². The Morgan fingerprint density at radius 2 is 1.78 bits per heavy atom. The van der Waals surface area contributed by atoms with Crippen LogP contribution in [0, 0.1) is 6.92 Å². The Bertz CT molecular complexity index is 1300. The third kappa shape index (κ3) is 4.38. The Balaban J connectivity index is 1.70. The zero-order chi connectivity index (χ0) is 22.7. The first-order chi connectivity index (χ1) is 15.5. The first kappa shape index (κ1) is 21.6. The van der Waals surface area contributed by atoms with E-state index in [4.69, 9.17) is 9.72 Å². The number of nitrogens with zero attached hydrogens (tertiary/aromatic N) is 2. The van der Waals surface area contributed by atoms with Crippen molar-refractivity contribution >= 4 is 39.2 Å². The highest BCUT2D eigenvalue weighted by atomic mass is 32.1. The third-order valence-corrected chi connectivity index (χ3v) is 6.15. The van der Waals surface area contributed by atoms with E-state index in [0.717, 1.165) is 39.9 Å². The number of ether oxygens (including phenoxy) is 1. The lowest BCUT2D eigenvalue weighted by molar-refractivity contribution is 0.0531. The highest BCUT2D eigenvalue weighted by molar-refractivity contribution is 7.17. The highest BCUT2D eigenvalue weighted by Gasteiger charge is 2.20. The van der Waals surface area contributed by atoms with Crippen LogP contribution in [0.2, 0.25) is 0 Å². The number of amides is 1. The Morgan fingerprint density at radius 3 is 2.50 bits per heavy atom. The number of hydrogen-bond donors (Lipinski definition) is 1. The molecule has 0 bridgehead atoms. The molecule has 4 aromatic rings. The molecule has 0 saturated heterocycles. The summed E-state index contributed by atoms with van der Waals surface area (Å²) in [5.74, 6) is -0.741. The Kier molecular flexibility index (Phi) is 6.28. The highest BCUT2D eigenvalue weighted by Crippen LogP contribution is 2.28. The topological polar surface area (TPSA) is 81.2 Å². The summed E-state index contributed by atoms with van der Waals surface area (Å²) in [6.07, 6.45) is 0.958. The average molecular weight is 446 g/mol. The number of nitrogens with one attached hydrogen (secondary N) is 1. The van der Waals surface area contributed by atoms with Crippen LogP contribution in [0.1, 0.15) is 45.1 Å². The van der Waals surface area contributed by atoms with Gasteiger partial charge in [-0.05, 0) is 38.0 Å². The number of aryl methyl sites for hydroxylation is 2. The van der Waals surface area contributed by atoms with Crippen LogP contribution in [0.25, 0.3) is 22.2 Å². The van der Waals surface area contributed by atoms with E-state index in [0.29, 0.717) is 21.3 Å². The molecule has 0 spiro atoms. The van der Waals surface area contributed by atoms with E-state index in [-0.39, 0.29) is 12.5 Å². The number of anilines is 1. The molecular weight excluding hydrogens is 422 g/mol. The number of para-hydroxylation sites is 1. The predicted octanol–water partition coefficient (Wildman–Crippen LogP) is 5.66. The van der Waals surface area contributed by atoms with Gasteiger partial charge in [-0.2, -0.15) is 0 Å². The van der Waals surface area contributed by atoms with Crippen molar-refractivity contribution in [2.24, 2.45) is 0 Å². The molecule has 0 unspecified atom stereocenters. The van der Waals surface area contributed by atoms with E-state index in [9.17, 15) is 9.59 Å². The SMILES string of the molecule is CCOC(=O)c1sc(NC(=O)c2cc(-c3ccc(CC)cc3)nc3ccccc23)nc1C. The monoisotopic (exact) mass is 445 g/mol. The molecule has 2 heterocycles. The van der Waals surface area contributed by atoms with Gasteiger partial charge in [0.05, 0.1) is 29.1 Å². The Morgan fingerprint density at radius 1 is 1.03 bits per heavy atom. The Hall–Kier alpha value is -3.58. The number of aromatic nitrogens is 2. The van der Waals surface area contributed by atoms with Crippen molar-refractivity contribution in [2.75, 3.05) is 11.9 Å². The van der Waals surface area contributed by atoms with E-state index in [2.05, 4.69) is 29.4 Å². The number of thiazole rings is 1. The normalized spacial score (nSPS) is 10.8. The molecule has 2 aromatic carbocycles. The first-order valence-corrected chi connectivity index (χ1v) is 11.3. The average Bonchev–Trinajstić information content (AvgIpc) is 3.18. The minimum absolute atomic E-state index is 0.281. The molecule has 4 rings (SSSR count). The summed E-state index contributed by atoms with van der Waals surface area (Å²) in [4.78, 5) is 34.8. The lowest BCUT2D eigenvalue weighted by atomic mass is 10.0. The summed E-state index contributed by atoms with van der Waals surface area (Å²) >= 11 is 1.11. The smallest absolute Gasteiger partial charge is 0.350 e. The van der Waals surface area contributed by atoms with Crippen molar-refractivity contribution in [3.05, 3.63) is 76.3 Å². The summed E-state index contributed by atoms with van der Waals surface area (Å²) in [5, 5.41) is 3.94. The van der Waals surface area contributed by atoms with Crippen LogP contribution in [0.4, 0.5) is 5.13 Å². The standard InChI is InChI=1S/C25H23N3O3S/c1-4-16-10-12-17(13-11-16)21-14-19(18-8-6-7-9-20(18)27-21)23(29)28-25-26-15(3)22(32-25)24(30)31-5-2/h6-14H,4-5H2,1-3H3,(H,26,28,29). The molecule has 0 radical (unpaired) electrons. The maximum Gasteiger partial charge on any atom is 0.350 e. The largest absolute Gasteiger partial charge is 0.462 e. The summed E-state index contributed by atoms with van der Waals surface area (Å²) in [7, 11) is 0. The number of benzene rings is 2. The van der Waals surface area contributed by atoms with E-state index in [1.54, 1.807) is 19.9 Å². The second-order valence-corrected chi connectivity index (χ2v) is 8.23. The van der Waals surface area contributed by atoms with Gasteiger partial charge in [0.25, 0.3) is 5.91 Å². The minimum Gasteiger partial charge on any atom is -0.462 e. The molecular formula is C25H23N3O3S. The van der Waals surface area contributed by atoms with Crippen molar-refractivity contribution in [1.82, 2.24) is 9.97 Å². The maximum atomic E-state index is 13.2. The van der Waals surface area contributed by atoms with Crippen LogP contribution < -0.4 is 5.32 Å². The van der Waals surface area contributed by atoms with Gasteiger partial charge in [0.2, 0.25) is 0 Å². The number of hydrogen-bond acceptors (Lipinski definition) is 6. The molecule has 1 amide bonds. The second kappa shape index (κ2) is 9.28. The maximum absolute atomic E-state index is 13.2. The number of carbonyl (C=O) groups is 2. The van der Waals surface area contributed by atoms with Gasteiger partial charge in [-0.1, -0.05) is 60.7 Å². The van der Waals surface area contributed by atoms with Crippen molar-refractivity contribution < 1.29 is 14.3 Å². The Labute approximate surface area is 190 Å². The van der Waals surface area contributed by atoms with Gasteiger partial charge in [0.1, 0.15) is 4.88 Å². The molecule has 162 valence electrons. The molecule has 0 aliphatic rings. The fourth-order valence-electron chi connectivity index (χ4n) is 3.42. The fraction of sp³-hybridized carbons (Fsp3) is 0.200. The quantitative estimate of drug-likeness (QED) is 0.387. The molecule has 32 heavy (non-hydrogen) atoms. The van der Waals surface area contributed by atoms with Crippen LogP contribution in [-0.4, -0.2) is 28.5 Å². The van der Waals surface area contributed by atoms with Crippen molar-refractivity contribution in [2.45, 2.75) is 27.2 Å². The molecule has 0 aliphatic carbocycles. The van der Waals surface area contributed by atoms with Gasteiger partial charge in [-0.3, -0.25) is 10.1 Å². The molecule has 1 N–H and O–H groups in total. The van der Waals surface area contributed by atoms with Crippen molar-refractivity contribution in [3.8, 4) is 11.3 Å². The number of carbonyl (C=O) groups excluding carboxylic acids is 2. The van der Waals surface area contributed by atoms with Gasteiger partial charge in [-0.25, -0.2) is 14.8 Å². The van der Waals surface area contributed by atoms with Gasteiger partial charge < -0.3 is 4.74 Å². The lowest BCUT2D eigenvalue weighted by Gasteiger charge is -2.10. The number of esters is 1. The van der Waals surface area contributed by atoms with Gasteiger partial charge in [0, 0.05) is 10.9 Å². The second-order valence-electron chi connectivity index (χ2n) is 7.23. The lowest BCUT2D eigenvalue weighted by Crippen LogP contribution is -2.13. The number of fused-ring (bicyclic) bond motifs is 1. The van der Waals surface area contributed by atoms with Crippen LogP contribution in [0.15, 0.2) is 54.6 Å².